The van der Waals surface area contributed by atoms with E-state index >= 15 is 0 Å². The van der Waals surface area contributed by atoms with Gasteiger partial charge in [0.25, 0.3) is 0 Å². The molecule has 0 saturated heterocycles. The molecular formula is C76H60N2. The van der Waals surface area contributed by atoms with Crippen molar-refractivity contribution in [1.82, 2.24) is 0 Å². The predicted molar refractivity (Wildman–Crippen MR) is 333 cm³/mol. The van der Waals surface area contributed by atoms with Crippen molar-refractivity contribution in [3.05, 3.63) is 301 Å². The lowest BCUT2D eigenvalue weighted by atomic mass is 9.81. The van der Waals surface area contributed by atoms with Crippen LogP contribution in [0.1, 0.15) is 61.1 Å². The van der Waals surface area contributed by atoms with Gasteiger partial charge in [-0.1, -0.05) is 217 Å². The zero-order valence-corrected chi connectivity index (χ0v) is 44.7. The van der Waals surface area contributed by atoms with Gasteiger partial charge in [0.05, 0.1) is 0 Å². The van der Waals surface area contributed by atoms with Crippen LogP contribution in [0.5, 0.6) is 0 Å². The molecule has 0 atom stereocenters. The second kappa shape index (κ2) is 19.3. The molecular weight excluding hydrogens is 941 g/mol. The Hall–Kier alpha value is -9.50. The van der Waals surface area contributed by atoms with Crippen LogP contribution in [0.15, 0.2) is 268 Å². The lowest BCUT2D eigenvalue weighted by Crippen LogP contribution is -2.15. The molecule has 0 saturated carbocycles. The highest BCUT2D eigenvalue weighted by molar-refractivity contribution is 5.89. The zero-order valence-electron chi connectivity index (χ0n) is 44.7. The average molecular weight is 1000 g/mol. The molecule has 11 aromatic carbocycles. The molecule has 374 valence electrons. The first-order valence-corrected chi connectivity index (χ1v) is 27.1. The molecule has 78 heavy (non-hydrogen) atoms. The molecule has 0 spiro atoms. The van der Waals surface area contributed by atoms with Gasteiger partial charge in [-0.05, 0) is 191 Å². The third-order valence-electron chi connectivity index (χ3n) is 16.6. The smallest absolute Gasteiger partial charge is 0.0482 e. The maximum absolute atomic E-state index is 4.07. The van der Waals surface area contributed by atoms with Crippen LogP contribution in [0, 0.1) is 0 Å². The standard InChI is InChI=1S/C76H60N2/c1-7-51-18-13-20-55(44-51)57-22-15-24-63(46-57)77(61-38-32-53(33-39-61)59-36-42-69-67-28-9-11-30-71(67)75(3,4)73(69)48-59)65-26-17-27-66(50-65)78(64-25-16-23-58(47-64)56-21-14-19-52(8-2)45-56)62-40-34-54(35-41-62)60-37-43-70-68-29-10-12-31-72(68)76(5,6)74(70)49-60/h7-50H,1-2H2,3-6H3. The summed E-state index contributed by atoms with van der Waals surface area (Å²) < 4.78 is 0. The van der Waals surface area contributed by atoms with Crippen molar-refractivity contribution < 1.29 is 0 Å². The number of nitrogens with zero attached hydrogens (tertiary/aromatic N) is 2. The lowest BCUT2D eigenvalue weighted by Gasteiger charge is -2.30. The molecule has 0 radical (unpaired) electrons. The van der Waals surface area contributed by atoms with Crippen LogP contribution in [0.3, 0.4) is 0 Å². The zero-order chi connectivity index (χ0) is 53.1. The van der Waals surface area contributed by atoms with E-state index < -0.39 is 0 Å². The molecule has 0 N–H and O–H groups in total. The van der Waals surface area contributed by atoms with Gasteiger partial charge in [-0.25, -0.2) is 0 Å². The number of fused-ring (bicyclic) bond motifs is 6. The Bertz CT molecular complexity index is 3870. The summed E-state index contributed by atoms with van der Waals surface area (Å²) in [6, 6.07) is 93.9. The van der Waals surface area contributed by atoms with Crippen LogP contribution >= 0.6 is 0 Å². The summed E-state index contributed by atoms with van der Waals surface area (Å²) in [6.07, 6.45) is 3.82. The first kappa shape index (κ1) is 48.2. The largest absolute Gasteiger partial charge is 0.310 e. The van der Waals surface area contributed by atoms with Gasteiger partial charge in [0.15, 0.2) is 0 Å². The number of anilines is 6. The molecule has 0 heterocycles. The molecule has 2 aliphatic rings. The van der Waals surface area contributed by atoms with E-state index in [0.717, 1.165) is 67.5 Å². The summed E-state index contributed by atoms with van der Waals surface area (Å²) in [5, 5.41) is 0. The third-order valence-corrected chi connectivity index (χ3v) is 16.6. The highest BCUT2D eigenvalue weighted by Crippen LogP contribution is 2.52. The highest BCUT2D eigenvalue weighted by Gasteiger charge is 2.36. The van der Waals surface area contributed by atoms with Crippen molar-refractivity contribution in [3.8, 4) is 66.8 Å². The molecule has 13 rings (SSSR count). The fourth-order valence-electron chi connectivity index (χ4n) is 12.4. The average Bonchev–Trinajstić information content (AvgIpc) is 4.10. The molecule has 0 aliphatic heterocycles. The van der Waals surface area contributed by atoms with E-state index in [-0.39, 0.29) is 10.8 Å². The summed E-state index contributed by atoms with van der Waals surface area (Å²) in [7, 11) is 0. The van der Waals surface area contributed by atoms with Gasteiger partial charge >= 0.3 is 0 Å². The van der Waals surface area contributed by atoms with E-state index in [1.54, 1.807) is 0 Å². The minimum Gasteiger partial charge on any atom is -0.310 e. The van der Waals surface area contributed by atoms with Gasteiger partial charge in [-0.15, -0.1) is 0 Å². The van der Waals surface area contributed by atoms with Crippen LogP contribution in [-0.2, 0) is 10.8 Å². The predicted octanol–water partition coefficient (Wildman–Crippen LogP) is 21.2. The fraction of sp³-hybridized carbons (Fsp3) is 0.0789. The molecule has 0 bridgehead atoms. The lowest BCUT2D eigenvalue weighted by molar-refractivity contribution is 0.660. The highest BCUT2D eigenvalue weighted by atomic mass is 15.2. The van der Waals surface area contributed by atoms with Crippen molar-refractivity contribution in [1.29, 1.82) is 0 Å². The Morgan fingerprint density at radius 3 is 0.987 bits per heavy atom. The van der Waals surface area contributed by atoms with Crippen LogP contribution < -0.4 is 9.80 Å². The van der Waals surface area contributed by atoms with Gasteiger partial charge in [-0.3, -0.25) is 0 Å². The molecule has 0 amide bonds. The number of hydrogen-bond donors (Lipinski definition) is 0. The van der Waals surface area contributed by atoms with Crippen molar-refractivity contribution in [2.24, 2.45) is 0 Å². The van der Waals surface area contributed by atoms with Crippen molar-refractivity contribution >= 4 is 46.3 Å². The summed E-state index contributed by atoms with van der Waals surface area (Å²) in [5.41, 5.74) is 28.5. The molecule has 11 aromatic rings. The van der Waals surface area contributed by atoms with E-state index in [1.807, 2.05) is 12.2 Å². The Kier molecular flexibility index (Phi) is 11.9. The van der Waals surface area contributed by atoms with Crippen LogP contribution in [0.4, 0.5) is 34.1 Å². The Morgan fingerprint density at radius 1 is 0.256 bits per heavy atom. The molecule has 2 nitrogen and oxygen atoms in total. The third kappa shape index (κ3) is 8.38. The SMILES string of the molecule is C=Cc1cccc(-c2cccc(N(c3ccc(-c4ccc5c(c4)C(C)(C)c4ccccc4-5)cc3)c3cccc(N(c4ccc(-c5ccc6c(c5)C(C)(C)c5ccccc5-6)cc4)c4cccc(-c5cccc(C=C)c5)c4)c3)c2)c1. The summed E-state index contributed by atoms with van der Waals surface area (Å²) in [6.45, 7) is 17.5. The molecule has 0 aromatic heterocycles. The Balaban J connectivity index is 0.922. The van der Waals surface area contributed by atoms with E-state index in [2.05, 4.69) is 305 Å². The maximum atomic E-state index is 4.07. The maximum Gasteiger partial charge on any atom is 0.0482 e. The first-order valence-electron chi connectivity index (χ1n) is 27.1. The second-order valence-corrected chi connectivity index (χ2v) is 21.9. The molecule has 0 unspecified atom stereocenters. The van der Waals surface area contributed by atoms with Gasteiger partial charge in [-0.2, -0.15) is 0 Å². The van der Waals surface area contributed by atoms with Crippen molar-refractivity contribution in [2.45, 2.75) is 38.5 Å². The van der Waals surface area contributed by atoms with E-state index in [0.29, 0.717) is 0 Å². The van der Waals surface area contributed by atoms with Crippen LogP contribution in [0.2, 0.25) is 0 Å². The van der Waals surface area contributed by atoms with Gasteiger partial charge in [0, 0.05) is 45.0 Å². The normalized spacial score (nSPS) is 13.2. The Morgan fingerprint density at radius 2 is 0.577 bits per heavy atom. The number of hydrogen-bond acceptors (Lipinski definition) is 2. The second-order valence-electron chi connectivity index (χ2n) is 21.9. The summed E-state index contributed by atoms with van der Waals surface area (Å²) in [5.74, 6) is 0. The van der Waals surface area contributed by atoms with Gasteiger partial charge < -0.3 is 9.80 Å². The minimum atomic E-state index is -0.0825. The minimum absolute atomic E-state index is 0.0825. The van der Waals surface area contributed by atoms with Crippen molar-refractivity contribution in [2.75, 3.05) is 9.80 Å². The number of benzene rings is 11. The van der Waals surface area contributed by atoms with Gasteiger partial charge in [0.2, 0.25) is 0 Å². The van der Waals surface area contributed by atoms with E-state index in [1.165, 1.54) is 66.8 Å². The summed E-state index contributed by atoms with van der Waals surface area (Å²) >= 11 is 0. The molecule has 2 heteroatoms. The fourth-order valence-corrected chi connectivity index (χ4v) is 12.4. The first-order chi connectivity index (χ1) is 38.0. The van der Waals surface area contributed by atoms with Gasteiger partial charge in [0.1, 0.15) is 0 Å². The molecule has 0 fully saturated rings. The quantitative estimate of drug-likeness (QED) is 0.120. The topological polar surface area (TPSA) is 6.48 Å². The Labute approximate surface area is 460 Å². The van der Waals surface area contributed by atoms with E-state index in [9.17, 15) is 0 Å². The van der Waals surface area contributed by atoms with Crippen molar-refractivity contribution in [3.63, 3.8) is 0 Å². The number of rotatable bonds is 12. The summed E-state index contributed by atoms with van der Waals surface area (Å²) in [4.78, 5) is 4.78. The molecule has 2 aliphatic carbocycles. The van der Waals surface area contributed by atoms with E-state index in [4.69, 9.17) is 0 Å². The van der Waals surface area contributed by atoms with Crippen LogP contribution in [-0.4, -0.2) is 0 Å². The monoisotopic (exact) mass is 1000 g/mol. The van der Waals surface area contributed by atoms with Crippen LogP contribution in [0.25, 0.3) is 78.9 Å².